The lowest BCUT2D eigenvalue weighted by Gasteiger charge is -2.35. The molecule has 0 bridgehead atoms. The van der Waals surface area contributed by atoms with E-state index in [1.165, 1.54) is 20.8 Å². The molecule has 0 aromatic rings. The van der Waals surface area contributed by atoms with E-state index in [9.17, 15) is 22.6 Å². The molecule has 7 nitrogen and oxygen atoms in total. The van der Waals surface area contributed by atoms with Gasteiger partial charge in [-0.1, -0.05) is 27.0 Å². The third-order valence-electron chi connectivity index (χ3n) is 2.40. The van der Waals surface area contributed by atoms with Crippen LogP contribution in [0.5, 0.6) is 0 Å². The van der Waals surface area contributed by atoms with E-state index in [2.05, 4.69) is 18.5 Å². The van der Waals surface area contributed by atoms with Crippen molar-refractivity contribution in [2.24, 2.45) is 5.92 Å². The van der Waals surface area contributed by atoms with Gasteiger partial charge in [0.1, 0.15) is 0 Å². The lowest BCUT2D eigenvalue weighted by Crippen LogP contribution is -2.68. The second kappa shape index (κ2) is 5.98. The third kappa shape index (κ3) is 3.90. The zero-order valence-electron chi connectivity index (χ0n) is 11.1. The molecule has 0 aromatic carbocycles. The van der Waals surface area contributed by atoms with Crippen LogP contribution in [0.1, 0.15) is 20.8 Å². The molecule has 0 saturated carbocycles. The number of hydrogen-bond acceptors (Lipinski definition) is 4. The van der Waals surface area contributed by atoms with Crippen molar-refractivity contribution < 1.29 is 22.6 Å². The van der Waals surface area contributed by atoms with Crippen LogP contribution in [0, 0.1) is 5.92 Å². The Hall–Kier alpha value is -1.67. The van der Waals surface area contributed by atoms with Crippen LogP contribution in [0.4, 0.5) is 0 Å². The Kier molecular flexibility index (Phi) is 5.46. The normalized spacial score (nSPS) is 14.4. The van der Waals surface area contributed by atoms with Crippen LogP contribution in [-0.4, -0.2) is 29.8 Å². The molecule has 0 aliphatic heterocycles. The molecule has 2 amide bonds. The van der Waals surface area contributed by atoms with Gasteiger partial charge in [-0.3, -0.25) is 14.1 Å². The monoisotopic (exact) mass is 290 g/mol. The molecule has 8 heteroatoms. The Morgan fingerprint density at radius 2 is 1.79 bits per heavy atom. The number of hydrogen-bond donors (Lipinski definition) is 3. The minimum absolute atomic E-state index is 0.0292. The molecule has 0 heterocycles. The summed E-state index contributed by atoms with van der Waals surface area (Å²) >= 11 is 0. The van der Waals surface area contributed by atoms with E-state index in [0.29, 0.717) is 0 Å². The molecule has 0 aliphatic rings. The first kappa shape index (κ1) is 17.3. The third-order valence-corrected chi connectivity index (χ3v) is 3.89. The molecule has 0 spiro atoms. The Morgan fingerprint density at radius 3 is 2.05 bits per heavy atom. The molecule has 1 unspecified atom stereocenters. The summed E-state index contributed by atoms with van der Waals surface area (Å²) in [4.78, 5) is 20.6. The maximum absolute atomic E-state index is 11.6. The fourth-order valence-corrected chi connectivity index (χ4v) is 2.30. The van der Waals surface area contributed by atoms with Crippen LogP contribution in [0.15, 0.2) is 24.8 Å². The van der Waals surface area contributed by atoms with E-state index in [-0.39, 0.29) is 5.57 Å². The molecule has 1 atom stereocenters. The average Bonchev–Trinajstić information content (AvgIpc) is 2.25. The predicted molar refractivity (Wildman–Crippen MR) is 70.4 cm³/mol. The highest BCUT2D eigenvalue weighted by molar-refractivity contribution is 7.87. The summed E-state index contributed by atoms with van der Waals surface area (Å²) < 4.78 is 32.5. The minimum Gasteiger partial charge on any atom is -0.315 e. The van der Waals surface area contributed by atoms with Crippen molar-refractivity contribution in [2.45, 2.75) is 25.8 Å². The van der Waals surface area contributed by atoms with Gasteiger partial charge in [0.05, 0.1) is 0 Å². The molecule has 0 aromatic heterocycles. The van der Waals surface area contributed by atoms with Gasteiger partial charge in [-0.25, -0.2) is 0 Å². The van der Waals surface area contributed by atoms with Crippen LogP contribution in [0.25, 0.3) is 0 Å². The molecule has 3 N–H and O–H groups in total. The molecule has 0 rings (SSSR count). The van der Waals surface area contributed by atoms with Crippen molar-refractivity contribution in [1.82, 2.24) is 10.6 Å². The second-order valence-electron chi connectivity index (χ2n) is 4.29. The molecule has 0 radical (unpaired) electrons. The Bertz CT molecular complexity index is 509. The van der Waals surface area contributed by atoms with Gasteiger partial charge in [0.25, 0.3) is 0 Å². The zero-order chi connectivity index (χ0) is 15.4. The Labute approximate surface area is 112 Å². The van der Waals surface area contributed by atoms with Gasteiger partial charge in [0.2, 0.25) is 16.8 Å². The first-order valence-electron chi connectivity index (χ1n) is 5.37. The summed E-state index contributed by atoms with van der Waals surface area (Å²) in [6.07, 6.45) is 0.829. The maximum Gasteiger partial charge on any atom is 0.309 e. The molecule has 108 valence electrons. The maximum atomic E-state index is 11.6. The van der Waals surface area contributed by atoms with E-state index in [1.807, 2.05) is 5.32 Å². The lowest BCUT2D eigenvalue weighted by molar-refractivity contribution is -0.121. The summed E-state index contributed by atoms with van der Waals surface area (Å²) in [5.74, 6) is -2.50. The van der Waals surface area contributed by atoms with Gasteiger partial charge in [-0.15, -0.1) is 0 Å². The Morgan fingerprint density at radius 1 is 1.32 bits per heavy atom. The standard InChI is InChI=1S/C11H18N2O5S/c1-6-9(14)12-11(8(4)5,19(16,17)18)13-10(15)7(2)3/h6,8H,1-2H2,3-5H3,(H,12,14)(H,13,15)(H,16,17,18). The number of rotatable bonds is 6. The number of carbonyl (C=O) groups is 2. The summed E-state index contributed by atoms with van der Waals surface area (Å²) in [6.45, 7) is 10.7. The van der Waals surface area contributed by atoms with Crippen LogP contribution in [0.3, 0.4) is 0 Å². The van der Waals surface area contributed by atoms with Crippen molar-refractivity contribution in [3.8, 4) is 0 Å². The average molecular weight is 290 g/mol. The topological polar surface area (TPSA) is 113 Å². The van der Waals surface area contributed by atoms with Crippen LogP contribution in [0.2, 0.25) is 0 Å². The second-order valence-corrected chi connectivity index (χ2v) is 5.89. The van der Waals surface area contributed by atoms with Crippen molar-refractivity contribution >= 4 is 21.9 Å². The van der Waals surface area contributed by atoms with E-state index < -0.39 is 32.8 Å². The highest BCUT2D eigenvalue weighted by atomic mass is 32.2. The van der Waals surface area contributed by atoms with Crippen LogP contribution < -0.4 is 10.6 Å². The van der Waals surface area contributed by atoms with Gasteiger partial charge in [-0.05, 0) is 13.0 Å². The summed E-state index contributed by atoms with van der Waals surface area (Å²) in [5, 5.41) is 4.12. The molecule has 0 saturated heterocycles. The SMILES string of the molecule is C=CC(=O)NC(NC(=O)C(=C)C)(C(C)C)S(=O)(=O)O. The fraction of sp³-hybridized carbons (Fsp3) is 0.455. The van der Waals surface area contributed by atoms with E-state index >= 15 is 0 Å². The largest absolute Gasteiger partial charge is 0.315 e. The predicted octanol–water partition coefficient (Wildman–Crippen LogP) is 0.179. The molecular formula is C11H18N2O5S. The van der Waals surface area contributed by atoms with Gasteiger partial charge in [0.15, 0.2) is 0 Å². The highest BCUT2D eigenvalue weighted by Gasteiger charge is 2.48. The number of carbonyl (C=O) groups excluding carboxylic acids is 2. The quantitative estimate of drug-likeness (QED) is 0.367. The number of nitrogens with one attached hydrogen (secondary N) is 2. The van der Waals surface area contributed by atoms with Crippen molar-refractivity contribution in [2.75, 3.05) is 0 Å². The zero-order valence-corrected chi connectivity index (χ0v) is 11.9. The molecule has 19 heavy (non-hydrogen) atoms. The lowest BCUT2D eigenvalue weighted by atomic mass is 10.1. The summed E-state index contributed by atoms with van der Waals surface area (Å²) in [6, 6.07) is 0. The van der Waals surface area contributed by atoms with E-state index in [1.54, 1.807) is 0 Å². The highest BCUT2D eigenvalue weighted by Crippen LogP contribution is 2.21. The smallest absolute Gasteiger partial charge is 0.309 e. The van der Waals surface area contributed by atoms with Gasteiger partial charge in [-0.2, -0.15) is 8.42 Å². The van der Waals surface area contributed by atoms with Gasteiger partial charge in [0, 0.05) is 11.5 Å². The first-order chi connectivity index (χ1) is 8.48. The van der Waals surface area contributed by atoms with Crippen molar-refractivity contribution in [3.05, 3.63) is 24.8 Å². The molecule has 0 fully saturated rings. The van der Waals surface area contributed by atoms with Crippen LogP contribution in [-0.2, 0) is 19.7 Å². The van der Waals surface area contributed by atoms with Crippen molar-refractivity contribution in [1.29, 1.82) is 0 Å². The van der Waals surface area contributed by atoms with E-state index in [4.69, 9.17) is 0 Å². The Balaban J connectivity index is 5.80. The number of amides is 2. The molecular weight excluding hydrogens is 272 g/mol. The van der Waals surface area contributed by atoms with Gasteiger partial charge >= 0.3 is 10.1 Å². The summed E-state index contributed by atoms with van der Waals surface area (Å²) in [7, 11) is -4.81. The van der Waals surface area contributed by atoms with Gasteiger partial charge < -0.3 is 10.6 Å². The van der Waals surface area contributed by atoms with Crippen molar-refractivity contribution in [3.63, 3.8) is 0 Å². The van der Waals surface area contributed by atoms with Crippen LogP contribution >= 0.6 is 0 Å². The molecule has 0 aliphatic carbocycles. The van der Waals surface area contributed by atoms with E-state index in [0.717, 1.165) is 6.08 Å². The fourth-order valence-electron chi connectivity index (χ4n) is 1.26. The minimum atomic E-state index is -4.81. The first-order valence-corrected chi connectivity index (χ1v) is 6.81. The summed E-state index contributed by atoms with van der Waals surface area (Å²) in [5.41, 5.74) is 0.0292.